The van der Waals surface area contributed by atoms with Crippen molar-refractivity contribution in [2.24, 2.45) is 0 Å². The number of hydrogen-bond acceptors (Lipinski definition) is 4. The molecule has 0 saturated carbocycles. The maximum atomic E-state index is 12.4. The van der Waals surface area contributed by atoms with E-state index in [-0.39, 0.29) is 11.9 Å². The van der Waals surface area contributed by atoms with Crippen LogP contribution >= 0.6 is 0 Å². The molecular weight excluding hydrogens is 254 g/mol. The molecule has 0 radical (unpaired) electrons. The van der Waals surface area contributed by atoms with Crippen molar-refractivity contribution in [1.82, 2.24) is 14.9 Å². The summed E-state index contributed by atoms with van der Waals surface area (Å²) in [6, 6.07) is 1.82. The van der Waals surface area contributed by atoms with E-state index in [4.69, 9.17) is 4.42 Å². The van der Waals surface area contributed by atoms with Crippen molar-refractivity contribution in [2.45, 2.75) is 33.2 Å². The van der Waals surface area contributed by atoms with Crippen LogP contribution in [0.3, 0.4) is 0 Å². The van der Waals surface area contributed by atoms with E-state index in [2.05, 4.69) is 9.97 Å². The first kappa shape index (κ1) is 14.2. The summed E-state index contributed by atoms with van der Waals surface area (Å²) in [7, 11) is 1.80. The summed E-state index contributed by atoms with van der Waals surface area (Å²) in [6.45, 7) is 5.64. The Balaban J connectivity index is 2.08. The second-order valence-electron chi connectivity index (χ2n) is 4.99. The molecule has 106 valence electrons. The molecule has 0 aliphatic heterocycles. The average Bonchev–Trinajstić information content (AvgIpc) is 2.77. The summed E-state index contributed by atoms with van der Waals surface area (Å²) in [4.78, 5) is 22.4. The Morgan fingerprint density at radius 3 is 2.70 bits per heavy atom. The summed E-state index contributed by atoms with van der Waals surface area (Å²) in [5, 5.41) is 0. The van der Waals surface area contributed by atoms with E-state index in [1.807, 2.05) is 13.8 Å². The number of aromatic nitrogens is 2. The fourth-order valence-corrected chi connectivity index (χ4v) is 2.11. The van der Waals surface area contributed by atoms with E-state index in [1.54, 1.807) is 43.5 Å². The van der Waals surface area contributed by atoms with Crippen LogP contribution in [0.4, 0.5) is 0 Å². The molecule has 2 aromatic heterocycles. The highest BCUT2D eigenvalue weighted by atomic mass is 16.3. The quantitative estimate of drug-likeness (QED) is 0.858. The molecule has 1 amide bonds. The van der Waals surface area contributed by atoms with Crippen LogP contribution in [0.15, 0.2) is 29.1 Å². The number of hydrogen-bond donors (Lipinski definition) is 0. The van der Waals surface area contributed by atoms with Gasteiger partial charge >= 0.3 is 0 Å². The summed E-state index contributed by atoms with van der Waals surface area (Å²) < 4.78 is 5.41. The molecule has 0 aromatic carbocycles. The lowest BCUT2D eigenvalue weighted by Crippen LogP contribution is -2.36. The summed E-state index contributed by atoms with van der Waals surface area (Å²) in [6.07, 6.45) is 5.70. The van der Waals surface area contributed by atoms with Gasteiger partial charge in [-0.05, 0) is 26.8 Å². The van der Waals surface area contributed by atoms with E-state index in [0.29, 0.717) is 17.7 Å². The topological polar surface area (TPSA) is 59.2 Å². The Hall–Kier alpha value is -2.17. The van der Waals surface area contributed by atoms with Gasteiger partial charge < -0.3 is 9.32 Å². The number of likely N-dealkylation sites (N-methyl/N-ethyl adjacent to an activating group) is 1. The van der Waals surface area contributed by atoms with Crippen LogP contribution in [-0.4, -0.2) is 33.9 Å². The normalized spacial score (nSPS) is 12.2. The van der Waals surface area contributed by atoms with Gasteiger partial charge in [-0.25, -0.2) is 0 Å². The van der Waals surface area contributed by atoms with E-state index >= 15 is 0 Å². The maximum Gasteiger partial charge on any atom is 0.257 e. The van der Waals surface area contributed by atoms with Crippen LogP contribution in [-0.2, 0) is 6.42 Å². The van der Waals surface area contributed by atoms with Gasteiger partial charge in [-0.1, -0.05) is 0 Å². The van der Waals surface area contributed by atoms with Crippen LogP contribution in [0.25, 0.3) is 0 Å². The third-order valence-electron chi connectivity index (χ3n) is 3.37. The molecule has 0 aliphatic rings. The van der Waals surface area contributed by atoms with Crippen molar-refractivity contribution in [3.05, 3.63) is 47.4 Å². The van der Waals surface area contributed by atoms with Crippen LogP contribution in [0.2, 0.25) is 0 Å². The second kappa shape index (κ2) is 5.86. The van der Waals surface area contributed by atoms with Gasteiger partial charge in [-0.2, -0.15) is 0 Å². The van der Waals surface area contributed by atoms with E-state index in [1.165, 1.54) is 0 Å². The van der Waals surface area contributed by atoms with Crippen molar-refractivity contribution < 1.29 is 9.21 Å². The Labute approximate surface area is 118 Å². The minimum Gasteiger partial charge on any atom is -0.466 e. The van der Waals surface area contributed by atoms with Crippen molar-refractivity contribution in [3.8, 4) is 0 Å². The molecule has 0 N–H and O–H groups in total. The first-order valence-electron chi connectivity index (χ1n) is 6.58. The Morgan fingerprint density at radius 2 is 2.15 bits per heavy atom. The number of furan rings is 1. The highest BCUT2D eigenvalue weighted by Gasteiger charge is 2.21. The Kier molecular flexibility index (Phi) is 4.17. The standard InChI is InChI=1S/C15H19N3O2/c1-10(7-13-9-16-5-6-17-13)18(4)15(19)14-8-11(2)20-12(14)3/h5-6,8-10H,7H2,1-4H3/t10-/m1/s1. The second-order valence-corrected chi connectivity index (χ2v) is 4.99. The lowest BCUT2D eigenvalue weighted by Gasteiger charge is -2.24. The third-order valence-corrected chi connectivity index (χ3v) is 3.37. The molecule has 0 unspecified atom stereocenters. The monoisotopic (exact) mass is 273 g/mol. The van der Waals surface area contributed by atoms with Crippen LogP contribution in [0.1, 0.15) is 34.5 Å². The lowest BCUT2D eigenvalue weighted by atomic mass is 10.1. The van der Waals surface area contributed by atoms with E-state index < -0.39 is 0 Å². The highest BCUT2D eigenvalue weighted by Crippen LogP contribution is 2.17. The van der Waals surface area contributed by atoms with E-state index in [0.717, 1.165) is 11.5 Å². The summed E-state index contributed by atoms with van der Waals surface area (Å²) in [5.74, 6) is 1.38. The zero-order valence-electron chi connectivity index (χ0n) is 12.3. The van der Waals surface area contributed by atoms with Gasteiger partial charge in [0.2, 0.25) is 0 Å². The minimum atomic E-state index is -0.0317. The molecule has 0 fully saturated rings. The molecular formula is C15H19N3O2. The molecule has 20 heavy (non-hydrogen) atoms. The van der Waals surface area contributed by atoms with Gasteiger partial charge in [0.1, 0.15) is 11.5 Å². The fourth-order valence-electron chi connectivity index (χ4n) is 2.11. The SMILES string of the molecule is Cc1cc(C(=O)N(C)[C@H](C)Cc2cnccn2)c(C)o1. The van der Waals surface area contributed by atoms with E-state index in [9.17, 15) is 4.79 Å². The van der Waals surface area contributed by atoms with Gasteiger partial charge in [-0.15, -0.1) is 0 Å². The molecule has 1 atom stereocenters. The zero-order chi connectivity index (χ0) is 14.7. The van der Waals surface area contributed by atoms with Crippen molar-refractivity contribution >= 4 is 5.91 Å². The zero-order valence-corrected chi connectivity index (χ0v) is 12.3. The molecule has 0 bridgehead atoms. The maximum absolute atomic E-state index is 12.4. The molecule has 5 heteroatoms. The first-order valence-corrected chi connectivity index (χ1v) is 6.58. The van der Waals surface area contributed by atoms with Crippen molar-refractivity contribution in [2.75, 3.05) is 7.05 Å². The third kappa shape index (κ3) is 3.04. The van der Waals surface area contributed by atoms with Gasteiger partial charge in [-0.3, -0.25) is 14.8 Å². The van der Waals surface area contributed by atoms with Crippen LogP contribution < -0.4 is 0 Å². The molecule has 5 nitrogen and oxygen atoms in total. The largest absolute Gasteiger partial charge is 0.466 e. The Morgan fingerprint density at radius 1 is 1.40 bits per heavy atom. The summed E-state index contributed by atoms with van der Waals surface area (Å²) >= 11 is 0. The van der Waals surface area contributed by atoms with Crippen LogP contribution in [0, 0.1) is 13.8 Å². The first-order chi connectivity index (χ1) is 9.49. The lowest BCUT2D eigenvalue weighted by molar-refractivity contribution is 0.0741. The number of aryl methyl sites for hydroxylation is 2. The number of carbonyl (C=O) groups is 1. The van der Waals surface area contributed by atoms with Crippen molar-refractivity contribution in [3.63, 3.8) is 0 Å². The molecule has 0 aliphatic carbocycles. The highest BCUT2D eigenvalue weighted by molar-refractivity contribution is 5.95. The predicted octanol–water partition coefficient (Wildman–Crippen LogP) is 2.39. The molecule has 0 spiro atoms. The van der Waals surface area contributed by atoms with Crippen molar-refractivity contribution in [1.29, 1.82) is 0 Å². The predicted molar refractivity (Wildman–Crippen MR) is 75.5 cm³/mol. The smallest absolute Gasteiger partial charge is 0.257 e. The van der Waals surface area contributed by atoms with Crippen LogP contribution in [0.5, 0.6) is 0 Å². The number of carbonyl (C=O) groups excluding carboxylic acids is 1. The minimum absolute atomic E-state index is 0.0317. The molecule has 0 saturated heterocycles. The number of amides is 1. The van der Waals surface area contributed by atoms with Gasteiger partial charge in [0.25, 0.3) is 5.91 Å². The van der Waals surface area contributed by atoms with Gasteiger partial charge in [0, 0.05) is 38.1 Å². The fraction of sp³-hybridized carbons (Fsp3) is 0.400. The molecule has 2 aromatic rings. The molecule has 2 heterocycles. The number of rotatable bonds is 4. The molecule has 2 rings (SSSR count). The van der Waals surface area contributed by atoms with Gasteiger partial charge in [0.05, 0.1) is 11.3 Å². The summed E-state index contributed by atoms with van der Waals surface area (Å²) in [5.41, 5.74) is 1.50. The van der Waals surface area contributed by atoms with Gasteiger partial charge in [0.15, 0.2) is 0 Å². The average molecular weight is 273 g/mol. The Bertz CT molecular complexity index is 592. The number of nitrogens with zero attached hydrogens (tertiary/aromatic N) is 3.